The number of aromatic nitrogens is 3. The Kier molecular flexibility index (Phi) is 5.11. The summed E-state index contributed by atoms with van der Waals surface area (Å²) < 4.78 is 1.75. The van der Waals surface area contributed by atoms with Crippen molar-refractivity contribution in [2.24, 2.45) is 5.10 Å². The quantitative estimate of drug-likeness (QED) is 0.408. The molecule has 0 saturated carbocycles. The molecule has 4 aromatic rings. The first-order valence-electron chi connectivity index (χ1n) is 8.88. The molecule has 0 radical (unpaired) electrons. The summed E-state index contributed by atoms with van der Waals surface area (Å²) in [6.07, 6.45) is 6.79. The van der Waals surface area contributed by atoms with Crippen LogP contribution in [0.1, 0.15) is 15.9 Å². The van der Waals surface area contributed by atoms with E-state index in [1.54, 1.807) is 29.2 Å². The van der Waals surface area contributed by atoms with Crippen molar-refractivity contribution in [2.45, 2.75) is 0 Å². The van der Waals surface area contributed by atoms with Gasteiger partial charge in [0.05, 0.1) is 11.9 Å². The van der Waals surface area contributed by atoms with Gasteiger partial charge >= 0.3 is 0 Å². The van der Waals surface area contributed by atoms with Gasteiger partial charge in [0.15, 0.2) is 0 Å². The molecular weight excluding hydrogens is 366 g/mol. The molecule has 29 heavy (non-hydrogen) atoms. The van der Waals surface area contributed by atoms with Crippen LogP contribution in [0.5, 0.6) is 5.75 Å². The van der Waals surface area contributed by atoms with Crippen molar-refractivity contribution in [1.29, 1.82) is 0 Å². The van der Waals surface area contributed by atoms with Crippen molar-refractivity contribution >= 4 is 12.1 Å². The van der Waals surface area contributed by atoms with Crippen molar-refractivity contribution in [1.82, 2.24) is 20.2 Å². The van der Waals surface area contributed by atoms with Crippen molar-refractivity contribution < 1.29 is 9.90 Å². The molecule has 7 nitrogen and oxygen atoms in total. The molecule has 0 atom stereocenters. The van der Waals surface area contributed by atoms with Gasteiger partial charge in [-0.25, -0.2) is 10.1 Å². The Labute approximate surface area is 167 Å². The second kappa shape index (κ2) is 8.18. The highest BCUT2D eigenvalue weighted by Gasteiger charge is 2.11. The Morgan fingerprint density at radius 1 is 1.07 bits per heavy atom. The number of amides is 1. The number of phenolic OH excluding ortho intramolecular Hbond substituents is 1. The van der Waals surface area contributed by atoms with Crippen molar-refractivity contribution in [3.05, 3.63) is 96.4 Å². The fraction of sp³-hybridized carbons (Fsp3) is 0. The predicted octanol–water partition coefficient (Wildman–Crippen LogP) is 3.40. The van der Waals surface area contributed by atoms with Crippen molar-refractivity contribution in [3.63, 3.8) is 0 Å². The topological polar surface area (TPSA) is 92.4 Å². The number of hydrazone groups is 1. The molecule has 2 aromatic carbocycles. The third kappa shape index (κ3) is 4.19. The maximum Gasteiger partial charge on any atom is 0.271 e. The molecule has 0 bridgehead atoms. The Morgan fingerprint density at radius 3 is 2.69 bits per heavy atom. The van der Waals surface area contributed by atoms with Gasteiger partial charge in [-0.3, -0.25) is 9.78 Å². The van der Waals surface area contributed by atoms with E-state index in [1.165, 1.54) is 18.3 Å². The standard InChI is InChI=1S/C22H17N5O2/c28-20-10-4-6-16(12-20)22(29)25-24-14-18-15-27(19-8-2-1-3-9-19)26-21(18)17-7-5-11-23-13-17/h1-15,28H,(H,25,29)/b24-14-. The molecule has 2 N–H and O–H groups in total. The van der Waals surface area contributed by atoms with E-state index in [1.807, 2.05) is 48.7 Å². The SMILES string of the molecule is O=C(N/N=C\c1cn(-c2ccccc2)nc1-c1cccnc1)c1cccc(O)c1. The third-order valence-electron chi connectivity index (χ3n) is 4.18. The number of aromatic hydroxyl groups is 1. The molecule has 0 unspecified atom stereocenters. The van der Waals surface area contributed by atoms with E-state index in [9.17, 15) is 9.90 Å². The fourth-order valence-electron chi connectivity index (χ4n) is 2.79. The molecule has 0 fully saturated rings. The molecule has 2 aromatic heterocycles. The van der Waals surface area contributed by atoms with E-state index in [-0.39, 0.29) is 5.75 Å². The maximum absolute atomic E-state index is 12.2. The Balaban J connectivity index is 1.62. The summed E-state index contributed by atoms with van der Waals surface area (Å²) in [6.45, 7) is 0. The van der Waals surface area contributed by atoms with Gasteiger partial charge in [0.2, 0.25) is 0 Å². The van der Waals surface area contributed by atoms with E-state index in [2.05, 4.69) is 20.6 Å². The van der Waals surface area contributed by atoms with Gasteiger partial charge < -0.3 is 5.11 Å². The van der Waals surface area contributed by atoms with Gasteiger partial charge in [-0.05, 0) is 42.5 Å². The number of nitrogens with one attached hydrogen (secondary N) is 1. The normalized spacial score (nSPS) is 10.9. The van der Waals surface area contributed by atoms with Gasteiger partial charge in [0.1, 0.15) is 11.4 Å². The van der Waals surface area contributed by atoms with Crippen molar-refractivity contribution in [3.8, 4) is 22.7 Å². The zero-order chi connectivity index (χ0) is 20.1. The molecule has 0 aliphatic rings. The summed E-state index contributed by atoms with van der Waals surface area (Å²) in [6, 6.07) is 19.5. The van der Waals surface area contributed by atoms with E-state index in [0.29, 0.717) is 11.3 Å². The molecular formula is C22H17N5O2. The average Bonchev–Trinajstić information content (AvgIpc) is 3.19. The van der Waals surface area contributed by atoms with Gasteiger partial charge in [-0.1, -0.05) is 24.3 Å². The number of nitrogens with zero attached hydrogens (tertiary/aromatic N) is 4. The largest absolute Gasteiger partial charge is 0.508 e. The second-order valence-corrected chi connectivity index (χ2v) is 6.20. The lowest BCUT2D eigenvalue weighted by Crippen LogP contribution is -2.17. The maximum atomic E-state index is 12.2. The first kappa shape index (κ1) is 18.1. The average molecular weight is 383 g/mol. The fourth-order valence-corrected chi connectivity index (χ4v) is 2.79. The lowest BCUT2D eigenvalue weighted by molar-refractivity contribution is 0.0954. The lowest BCUT2D eigenvalue weighted by Gasteiger charge is -2.00. The van der Waals surface area contributed by atoms with E-state index in [4.69, 9.17) is 0 Å². The Bertz CT molecular complexity index is 1150. The summed E-state index contributed by atoms with van der Waals surface area (Å²) >= 11 is 0. The molecule has 1 amide bonds. The van der Waals surface area contributed by atoms with Gasteiger partial charge in [0, 0.05) is 35.3 Å². The lowest BCUT2D eigenvalue weighted by atomic mass is 10.1. The molecule has 0 aliphatic heterocycles. The summed E-state index contributed by atoms with van der Waals surface area (Å²) in [5, 5.41) is 18.2. The van der Waals surface area contributed by atoms with Crippen molar-refractivity contribution in [2.75, 3.05) is 0 Å². The minimum absolute atomic E-state index is 0.0182. The van der Waals surface area contributed by atoms with Crippen LogP contribution in [0.4, 0.5) is 0 Å². The molecule has 0 aliphatic carbocycles. The number of hydrogen-bond donors (Lipinski definition) is 2. The zero-order valence-corrected chi connectivity index (χ0v) is 15.3. The zero-order valence-electron chi connectivity index (χ0n) is 15.3. The third-order valence-corrected chi connectivity index (χ3v) is 4.18. The van der Waals surface area contributed by atoms with E-state index < -0.39 is 5.91 Å². The molecule has 2 heterocycles. The number of carbonyl (C=O) groups is 1. The van der Waals surface area contributed by atoms with Crippen LogP contribution in [0, 0.1) is 0 Å². The number of carbonyl (C=O) groups excluding carboxylic acids is 1. The number of pyridine rings is 1. The smallest absolute Gasteiger partial charge is 0.271 e. The summed E-state index contributed by atoms with van der Waals surface area (Å²) in [5.41, 5.74) is 5.94. The highest BCUT2D eigenvalue weighted by atomic mass is 16.3. The van der Waals surface area contributed by atoms with E-state index >= 15 is 0 Å². The highest BCUT2D eigenvalue weighted by Crippen LogP contribution is 2.21. The molecule has 0 saturated heterocycles. The molecule has 142 valence electrons. The number of rotatable bonds is 5. The summed E-state index contributed by atoms with van der Waals surface area (Å²) in [5.74, 6) is -0.403. The number of hydrogen-bond acceptors (Lipinski definition) is 5. The second-order valence-electron chi connectivity index (χ2n) is 6.20. The van der Waals surface area contributed by atoms with Crippen LogP contribution >= 0.6 is 0 Å². The predicted molar refractivity (Wildman–Crippen MR) is 110 cm³/mol. The minimum Gasteiger partial charge on any atom is -0.508 e. The molecule has 4 rings (SSSR count). The highest BCUT2D eigenvalue weighted by molar-refractivity contribution is 5.96. The van der Waals surface area contributed by atoms with Gasteiger partial charge in [-0.15, -0.1) is 0 Å². The van der Waals surface area contributed by atoms with Gasteiger partial charge in [-0.2, -0.15) is 10.2 Å². The van der Waals surface area contributed by atoms with Crippen LogP contribution in [0.3, 0.4) is 0 Å². The molecule has 0 spiro atoms. The van der Waals surface area contributed by atoms with E-state index in [0.717, 1.165) is 16.8 Å². The van der Waals surface area contributed by atoms with Crippen LogP contribution in [-0.2, 0) is 0 Å². The monoisotopic (exact) mass is 383 g/mol. The van der Waals surface area contributed by atoms with Gasteiger partial charge in [0.25, 0.3) is 5.91 Å². The first-order valence-corrected chi connectivity index (χ1v) is 8.88. The van der Waals surface area contributed by atoms with Crippen LogP contribution in [-0.4, -0.2) is 32.0 Å². The van der Waals surface area contributed by atoms with Crippen LogP contribution in [0.25, 0.3) is 16.9 Å². The number of para-hydroxylation sites is 1. The molecule has 7 heteroatoms. The van der Waals surface area contributed by atoms with Crippen LogP contribution in [0.15, 0.2) is 90.4 Å². The Hall–Kier alpha value is -4.26. The minimum atomic E-state index is -0.421. The van der Waals surface area contributed by atoms with Crippen LogP contribution in [0.2, 0.25) is 0 Å². The number of benzene rings is 2. The number of phenols is 1. The Morgan fingerprint density at radius 2 is 1.93 bits per heavy atom. The first-order chi connectivity index (χ1) is 14.2. The summed E-state index contributed by atoms with van der Waals surface area (Å²) in [4.78, 5) is 16.4. The summed E-state index contributed by atoms with van der Waals surface area (Å²) in [7, 11) is 0. The van der Waals surface area contributed by atoms with Crippen LogP contribution < -0.4 is 5.43 Å².